The van der Waals surface area contributed by atoms with Crippen molar-refractivity contribution in [3.8, 4) is 17.1 Å². The van der Waals surface area contributed by atoms with Gasteiger partial charge in [-0.2, -0.15) is 0 Å². The Morgan fingerprint density at radius 2 is 2.04 bits per heavy atom. The summed E-state index contributed by atoms with van der Waals surface area (Å²) in [6.45, 7) is 3.88. The number of aromatic nitrogens is 4. The van der Waals surface area contributed by atoms with Gasteiger partial charge in [-0.05, 0) is 32.0 Å². The van der Waals surface area contributed by atoms with Gasteiger partial charge in [-0.15, -0.1) is 5.10 Å². The molecule has 0 saturated carbocycles. The van der Waals surface area contributed by atoms with Crippen molar-refractivity contribution in [2.24, 2.45) is 7.05 Å². The summed E-state index contributed by atoms with van der Waals surface area (Å²) < 4.78 is 21.3. The number of rotatable bonds is 6. The number of ether oxygens (including phenoxy) is 1. The summed E-state index contributed by atoms with van der Waals surface area (Å²) in [7, 11) is 1.71. The van der Waals surface area contributed by atoms with Crippen LogP contribution in [-0.4, -0.2) is 31.9 Å². The fourth-order valence-corrected chi connectivity index (χ4v) is 2.49. The average Bonchev–Trinajstić information content (AvgIpc) is 3.00. The van der Waals surface area contributed by atoms with Crippen molar-refractivity contribution in [2.75, 3.05) is 0 Å². The van der Waals surface area contributed by atoms with Crippen LogP contribution in [0, 0.1) is 5.82 Å². The number of nitrogens with zero attached hydrogens (tertiary/aromatic N) is 4. The predicted molar refractivity (Wildman–Crippen MR) is 97.6 cm³/mol. The Kier molecular flexibility index (Phi) is 5.44. The lowest BCUT2D eigenvalue weighted by atomic mass is 10.1. The van der Waals surface area contributed by atoms with Crippen molar-refractivity contribution in [2.45, 2.75) is 26.5 Å². The van der Waals surface area contributed by atoms with Crippen LogP contribution in [0.25, 0.3) is 11.3 Å². The van der Waals surface area contributed by atoms with Crippen LogP contribution in [0.15, 0.2) is 42.6 Å². The number of hydrogen-bond donors (Lipinski definition) is 1. The Morgan fingerprint density at radius 3 is 2.70 bits per heavy atom. The van der Waals surface area contributed by atoms with Crippen LogP contribution in [0.5, 0.6) is 5.88 Å². The molecule has 3 rings (SSSR count). The Balaban J connectivity index is 1.74. The maximum atomic E-state index is 14.1. The molecule has 7 nitrogen and oxygen atoms in total. The topological polar surface area (TPSA) is 81.9 Å². The lowest BCUT2D eigenvalue weighted by Gasteiger charge is -2.10. The summed E-state index contributed by atoms with van der Waals surface area (Å²) in [5.74, 6) is -0.226. The van der Waals surface area contributed by atoms with E-state index in [0.29, 0.717) is 28.4 Å². The molecule has 140 valence electrons. The number of nitrogens with one attached hydrogen (secondary N) is 1. The first-order chi connectivity index (χ1) is 13.0. The standard InChI is InChI=1S/C19H20FN5O2/c1-12(2)22-19(26)13-8-9-17(21-10-13)27-11-16-18(23-24-25(16)3)14-6-4-5-7-15(14)20/h4-10,12H,11H2,1-3H3,(H,22,26). The quantitative estimate of drug-likeness (QED) is 0.722. The summed E-state index contributed by atoms with van der Waals surface area (Å²) in [6.07, 6.45) is 1.45. The second-order valence-electron chi connectivity index (χ2n) is 6.29. The molecule has 0 bridgehead atoms. The van der Waals surface area contributed by atoms with Gasteiger partial charge in [-0.3, -0.25) is 4.79 Å². The summed E-state index contributed by atoms with van der Waals surface area (Å²) in [5, 5.41) is 10.8. The maximum absolute atomic E-state index is 14.1. The molecule has 2 heterocycles. The molecule has 0 aliphatic heterocycles. The Bertz CT molecular complexity index is 938. The minimum Gasteiger partial charge on any atom is -0.471 e. The first-order valence-electron chi connectivity index (χ1n) is 8.49. The molecular weight excluding hydrogens is 349 g/mol. The molecule has 2 aromatic heterocycles. The molecule has 0 radical (unpaired) electrons. The minimum absolute atomic E-state index is 0.0440. The number of halogens is 1. The largest absolute Gasteiger partial charge is 0.471 e. The van der Waals surface area contributed by atoms with Crippen LogP contribution < -0.4 is 10.1 Å². The van der Waals surface area contributed by atoms with Gasteiger partial charge < -0.3 is 10.1 Å². The average molecular weight is 369 g/mol. The van der Waals surface area contributed by atoms with Gasteiger partial charge in [-0.25, -0.2) is 14.1 Å². The van der Waals surface area contributed by atoms with Gasteiger partial charge in [0.25, 0.3) is 5.91 Å². The van der Waals surface area contributed by atoms with E-state index in [2.05, 4.69) is 20.6 Å². The number of carbonyl (C=O) groups excluding carboxylic acids is 1. The molecule has 1 N–H and O–H groups in total. The van der Waals surface area contributed by atoms with Crippen molar-refractivity contribution in [1.82, 2.24) is 25.3 Å². The van der Waals surface area contributed by atoms with E-state index in [1.54, 1.807) is 37.4 Å². The number of carbonyl (C=O) groups is 1. The fraction of sp³-hybridized carbons (Fsp3) is 0.263. The second kappa shape index (κ2) is 7.94. The van der Waals surface area contributed by atoms with E-state index in [0.717, 1.165) is 0 Å². The minimum atomic E-state index is -0.377. The number of aryl methyl sites for hydroxylation is 1. The van der Waals surface area contributed by atoms with Crippen molar-refractivity contribution in [3.05, 3.63) is 59.7 Å². The maximum Gasteiger partial charge on any atom is 0.253 e. The van der Waals surface area contributed by atoms with Gasteiger partial charge in [-0.1, -0.05) is 17.3 Å². The van der Waals surface area contributed by atoms with E-state index in [1.165, 1.54) is 16.9 Å². The third-order valence-corrected chi connectivity index (χ3v) is 3.85. The van der Waals surface area contributed by atoms with Crippen LogP contribution in [0.3, 0.4) is 0 Å². The molecular formula is C19H20FN5O2. The summed E-state index contributed by atoms with van der Waals surface area (Å²) in [4.78, 5) is 16.1. The van der Waals surface area contributed by atoms with Gasteiger partial charge in [0.15, 0.2) is 0 Å². The highest BCUT2D eigenvalue weighted by molar-refractivity contribution is 5.94. The molecule has 1 amide bonds. The van der Waals surface area contributed by atoms with Crippen LogP contribution in [0.1, 0.15) is 29.9 Å². The van der Waals surface area contributed by atoms with Crippen molar-refractivity contribution in [3.63, 3.8) is 0 Å². The Morgan fingerprint density at radius 1 is 1.26 bits per heavy atom. The van der Waals surface area contributed by atoms with Crippen LogP contribution in [0.2, 0.25) is 0 Å². The second-order valence-corrected chi connectivity index (χ2v) is 6.29. The third-order valence-electron chi connectivity index (χ3n) is 3.85. The van der Waals surface area contributed by atoms with Gasteiger partial charge >= 0.3 is 0 Å². The highest BCUT2D eigenvalue weighted by atomic mass is 19.1. The molecule has 27 heavy (non-hydrogen) atoms. The molecule has 1 aromatic carbocycles. The van der Waals surface area contributed by atoms with E-state index in [1.807, 2.05) is 13.8 Å². The first kappa shape index (κ1) is 18.5. The van der Waals surface area contributed by atoms with Crippen LogP contribution in [-0.2, 0) is 13.7 Å². The van der Waals surface area contributed by atoms with Crippen LogP contribution in [0.4, 0.5) is 4.39 Å². The summed E-state index contributed by atoms with van der Waals surface area (Å²) in [5.41, 5.74) is 1.84. The molecule has 0 fully saturated rings. The predicted octanol–water partition coefficient (Wildman–Crippen LogP) is 2.73. The molecule has 0 unspecified atom stereocenters. The molecule has 3 aromatic rings. The molecule has 0 saturated heterocycles. The van der Waals surface area contributed by atoms with E-state index >= 15 is 0 Å². The zero-order valence-corrected chi connectivity index (χ0v) is 15.3. The molecule has 0 spiro atoms. The van der Waals surface area contributed by atoms with E-state index in [-0.39, 0.29) is 24.4 Å². The first-order valence-corrected chi connectivity index (χ1v) is 8.49. The Labute approximate surface area is 156 Å². The summed E-state index contributed by atoms with van der Waals surface area (Å²) in [6, 6.07) is 9.66. The summed E-state index contributed by atoms with van der Waals surface area (Å²) >= 11 is 0. The van der Waals surface area contributed by atoms with Crippen molar-refractivity contribution < 1.29 is 13.9 Å². The van der Waals surface area contributed by atoms with Gasteiger partial charge in [0.05, 0.1) is 5.56 Å². The lowest BCUT2D eigenvalue weighted by Crippen LogP contribution is -2.30. The highest BCUT2D eigenvalue weighted by Crippen LogP contribution is 2.24. The highest BCUT2D eigenvalue weighted by Gasteiger charge is 2.17. The zero-order valence-electron chi connectivity index (χ0n) is 15.3. The van der Waals surface area contributed by atoms with Crippen molar-refractivity contribution >= 4 is 5.91 Å². The van der Waals surface area contributed by atoms with Crippen LogP contribution >= 0.6 is 0 Å². The third kappa shape index (κ3) is 4.28. The van der Waals surface area contributed by atoms with Crippen molar-refractivity contribution in [1.29, 1.82) is 0 Å². The van der Waals surface area contributed by atoms with Gasteiger partial charge in [0.2, 0.25) is 5.88 Å². The zero-order chi connectivity index (χ0) is 19.4. The SMILES string of the molecule is CC(C)NC(=O)c1ccc(OCc2c(-c3ccccc3F)nnn2C)nc1. The number of pyridine rings is 1. The van der Waals surface area contributed by atoms with E-state index in [4.69, 9.17) is 4.74 Å². The van der Waals surface area contributed by atoms with E-state index in [9.17, 15) is 9.18 Å². The molecule has 8 heteroatoms. The smallest absolute Gasteiger partial charge is 0.253 e. The molecule has 0 aliphatic carbocycles. The monoisotopic (exact) mass is 369 g/mol. The van der Waals surface area contributed by atoms with Gasteiger partial charge in [0, 0.05) is 30.9 Å². The Hall–Kier alpha value is -3.29. The molecule has 0 aliphatic rings. The lowest BCUT2D eigenvalue weighted by molar-refractivity contribution is 0.0942. The number of amides is 1. The number of hydrogen-bond acceptors (Lipinski definition) is 5. The fourth-order valence-electron chi connectivity index (χ4n) is 2.49. The molecule has 0 atom stereocenters. The van der Waals surface area contributed by atoms with Gasteiger partial charge in [0.1, 0.15) is 23.8 Å². The number of benzene rings is 1. The van der Waals surface area contributed by atoms with E-state index < -0.39 is 0 Å². The normalized spacial score (nSPS) is 10.9.